The molecule has 0 spiro atoms. The van der Waals surface area contributed by atoms with Gasteiger partial charge in [-0.25, -0.2) is 5.84 Å². The zero-order chi connectivity index (χ0) is 10.9. The van der Waals surface area contributed by atoms with Crippen LogP contribution in [-0.4, -0.2) is 30.6 Å². The zero-order valence-electron chi connectivity index (χ0n) is 9.46. The molecular formula is C10H22N4S. The van der Waals surface area contributed by atoms with E-state index >= 15 is 0 Å². The van der Waals surface area contributed by atoms with E-state index in [1.807, 2.05) is 0 Å². The SMILES string of the molecule is CSCCN=C(NN)NC1CCCCC1. The number of hydrogen-bond donors (Lipinski definition) is 3. The predicted molar refractivity (Wildman–Crippen MR) is 68.0 cm³/mol. The van der Waals surface area contributed by atoms with Gasteiger partial charge < -0.3 is 5.32 Å². The maximum absolute atomic E-state index is 5.42. The van der Waals surface area contributed by atoms with Gasteiger partial charge in [0.2, 0.25) is 5.96 Å². The second-order valence-electron chi connectivity index (χ2n) is 3.85. The summed E-state index contributed by atoms with van der Waals surface area (Å²) in [6, 6.07) is 0.558. The Hall–Kier alpha value is -0.420. The molecule has 0 aliphatic heterocycles. The maximum atomic E-state index is 5.42. The van der Waals surface area contributed by atoms with Gasteiger partial charge in [0, 0.05) is 11.8 Å². The van der Waals surface area contributed by atoms with Gasteiger partial charge in [0.05, 0.1) is 6.54 Å². The quantitative estimate of drug-likeness (QED) is 0.222. The molecule has 1 aliphatic rings. The number of nitrogens with two attached hydrogens (primary N) is 1. The van der Waals surface area contributed by atoms with Gasteiger partial charge in [0.25, 0.3) is 0 Å². The zero-order valence-corrected chi connectivity index (χ0v) is 10.3. The molecule has 0 aromatic heterocycles. The highest BCUT2D eigenvalue weighted by Gasteiger charge is 2.13. The predicted octanol–water partition coefficient (Wildman–Crippen LogP) is 1.09. The number of guanidine groups is 1. The average molecular weight is 230 g/mol. The van der Waals surface area contributed by atoms with Gasteiger partial charge in [-0.1, -0.05) is 19.3 Å². The molecule has 0 unspecified atom stereocenters. The van der Waals surface area contributed by atoms with E-state index in [0.717, 1.165) is 18.3 Å². The molecule has 0 aromatic rings. The van der Waals surface area contributed by atoms with E-state index in [4.69, 9.17) is 5.84 Å². The first-order valence-electron chi connectivity index (χ1n) is 5.63. The Bertz CT molecular complexity index is 190. The standard InChI is InChI=1S/C10H22N4S/c1-15-8-7-12-10(14-11)13-9-5-3-2-4-6-9/h9H,2-8,11H2,1H3,(H2,12,13,14). The number of hydrogen-bond acceptors (Lipinski definition) is 3. The lowest BCUT2D eigenvalue weighted by molar-refractivity contribution is 0.410. The fraction of sp³-hybridized carbons (Fsp3) is 0.900. The summed E-state index contributed by atoms with van der Waals surface area (Å²) < 4.78 is 0. The van der Waals surface area contributed by atoms with Gasteiger partial charge in [-0.05, 0) is 19.1 Å². The number of hydrazine groups is 1. The van der Waals surface area contributed by atoms with Crippen molar-refractivity contribution >= 4 is 17.7 Å². The summed E-state index contributed by atoms with van der Waals surface area (Å²) >= 11 is 1.80. The van der Waals surface area contributed by atoms with Crippen LogP contribution in [0.25, 0.3) is 0 Å². The van der Waals surface area contributed by atoms with Crippen molar-refractivity contribution in [2.45, 2.75) is 38.1 Å². The molecule has 1 fully saturated rings. The summed E-state index contributed by atoms with van der Waals surface area (Å²) in [6.07, 6.45) is 8.57. The number of nitrogens with zero attached hydrogens (tertiary/aromatic N) is 1. The van der Waals surface area contributed by atoms with Crippen LogP contribution in [0.2, 0.25) is 0 Å². The molecule has 1 saturated carbocycles. The Kier molecular flexibility index (Phi) is 6.59. The van der Waals surface area contributed by atoms with Crippen molar-refractivity contribution in [1.82, 2.24) is 10.7 Å². The molecule has 0 amide bonds. The van der Waals surface area contributed by atoms with Crippen LogP contribution in [-0.2, 0) is 0 Å². The lowest BCUT2D eigenvalue weighted by atomic mass is 9.96. The van der Waals surface area contributed by atoms with Crippen molar-refractivity contribution in [3.63, 3.8) is 0 Å². The third kappa shape index (κ3) is 5.28. The van der Waals surface area contributed by atoms with Crippen LogP contribution in [0.1, 0.15) is 32.1 Å². The van der Waals surface area contributed by atoms with Crippen molar-refractivity contribution in [2.24, 2.45) is 10.8 Å². The fourth-order valence-electron chi connectivity index (χ4n) is 1.82. The second-order valence-corrected chi connectivity index (χ2v) is 4.83. The van der Waals surface area contributed by atoms with Crippen molar-refractivity contribution in [3.05, 3.63) is 0 Å². The van der Waals surface area contributed by atoms with Crippen molar-refractivity contribution in [3.8, 4) is 0 Å². The number of rotatable bonds is 4. The van der Waals surface area contributed by atoms with Gasteiger partial charge in [-0.2, -0.15) is 11.8 Å². The van der Waals surface area contributed by atoms with Gasteiger partial charge in [0.15, 0.2) is 0 Å². The topological polar surface area (TPSA) is 62.4 Å². The Morgan fingerprint density at radius 1 is 1.40 bits per heavy atom. The Labute approximate surface area is 96.4 Å². The molecule has 0 radical (unpaired) electrons. The van der Waals surface area contributed by atoms with E-state index in [2.05, 4.69) is 22.0 Å². The van der Waals surface area contributed by atoms with Gasteiger partial charge in [0.1, 0.15) is 0 Å². The van der Waals surface area contributed by atoms with Crippen LogP contribution in [0.5, 0.6) is 0 Å². The van der Waals surface area contributed by atoms with Gasteiger partial charge in [-0.3, -0.25) is 10.4 Å². The fourth-order valence-corrected chi connectivity index (χ4v) is 2.10. The van der Waals surface area contributed by atoms with Crippen LogP contribution >= 0.6 is 11.8 Å². The summed E-state index contributed by atoms with van der Waals surface area (Å²) in [7, 11) is 0. The van der Waals surface area contributed by atoms with Crippen LogP contribution in [0, 0.1) is 0 Å². The van der Waals surface area contributed by atoms with E-state index < -0.39 is 0 Å². The molecule has 0 bridgehead atoms. The molecule has 1 rings (SSSR count). The van der Waals surface area contributed by atoms with Gasteiger partial charge in [-0.15, -0.1) is 0 Å². The molecule has 1 aliphatic carbocycles. The minimum Gasteiger partial charge on any atom is -0.353 e. The molecule has 4 N–H and O–H groups in total. The summed E-state index contributed by atoms with van der Waals surface area (Å²) in [6.45, 7) is 0.820. The smallest absolute Gasteiger partial charge is 0.205 e. The van der Waals surface area contributed by atoms with Crippen molar-refractivity contribution < 1.29 is 0 Å². The summed E-state index contributed by atoms with van der Waals surface area (Å²) in [5, 5.41) is 3.37. The average Bonchev–Trinajstić information content (AvgIpc) is 2.29. The second kappa shape index (κ2) is 7.82. The molecule has 0 aromatic carbocycles. The largest absolute Gasteiger partial charge is 0.353 e. The monoisotopic (exact) mass is 230 g/mol. The lowest BCUT2D eigenvalue weighted by Gasteiger charge is -2.24. The molecule has 0 atom stereocenters. The first-order valence-corrected chi connectivity index (χ1v) is 7.02. The summed E-state index contributed by atoms with van der Waals surface area (Å²) in [5.41, 5.74) is 2.64. The third-order valence-corrected chi connectivity index (χ3v) is 3.24. The Morgan fingerprint density at radius 3 is 2.73 bits per heavy atom. The molecule has 5 heteroatoms. The normalized spacial score (nSPS) is 18.9. The molecular weight excluding hydrogens is 208 g/mol. The van der Waals surface area contributed by atoms with Crippen LogP contribution in [0.4, 0.5) is 0 Å². The maximum Gasteiger partial charge on any atom is 0.205 e. The highest BCUT2D eigenvalue weighted by Crippen LogP contribution is 2.17. The highest BCUT2D eigenvalue weighted by molar-refractivity contribution is 7.98. The first kappa shape index (κ1) is 12.6. The molecule has 4 nitrogen and oxygen atoms in total. The molecule has 88 valence electrons. The minimum absolute atomic E-state index is 0.558. The number of aliphatic imine (C=N–C) groups is 1. The highest BCUT2D eigenvalue weighted by atomic mass is 32.2. The van der Waals surface area contributed by atoms with Crippen LogP contribution in [0.15, 0.2) is 4.99 Å². The number of thioether (sulfide) groups is 1. The molecule has 15 heavy (non-hydrogen) atoms. The van der Waals surface area contributed by atoms with Crippen molar-refractivity contribution in [1.29, 1.82) is 0 Å². The van der Waals surface area contributed by atoms with E-state index in [1.165, 1.54) is 32.1 Å². The summed E-state index contributed by atoms with van der Waals surface area (Å²) in [4.78, 5) is 4.37. The Balaban J connectivity index is 2.27. The van der Waals surface area contributed by atoms with E-state index in [0.29, 0.717) is 6.04 Å². The first-order chi connectivity index (χ1) is 7.36. The van der Waals surface area contributed by atoms with Gasteiger partial charge >= 0.3 is 0 Å². The van der Waals surface area contributed by atoms with E-state index in [9.17, 15) is 0 Å². The lowest BCUT2D eigenvalue weighted by Crippen LogP contribution is -2.47. The molecule has 0 saturated heterocycles. The molecule has 0 heterocycles. The van der Waals surface area contributed by atoms with Crippen LogP contribution in [0.3, 0.4) is 0 Å². The Morgan fingerprint density at radius 2 is 2.13 bits per heavy atom. The summed E-state index contributed by atoms with van der Waals surface area (Å²) in [5.74, 6) is 7.21. The van der Waals surface area contributed by atoms with Crippen molar-refractivity contribution in [2.75, 3.05) is 18.6 Å². The van der Waals surface area contributed by atoms with E-state index in [-0.39, 0.29) is 0 Å². The van der Waals surface area contributed by atoms with Crippen LogP contribution < -0.4 is 16.6 Å². The third-order valence-electron chi connectivity index (χ3n) is 2.65. The van der Waals surface area contributed by atoms with E-state index in [1.54, 1.807) is 11.8 Å². The number of nitrogens with one attached hydrogen (secondary N) is 2. The minimum atomic E-state index is 0.558.